The fraction of sp³-hybridized carbons (Fsp3) is 0.294. The summed E-state index contributed by atoms with van der Waals surface area (Å²) >= 11 is 9.45. The minimum absolute atomic E-state index is 0.330. The first-order valence-corrected chi connectivity index (χ1v) is 8.17. The number of benzene rings is 2. The third kappa shape index (κ3) is 4.73. The Morgan fingerprint density at radius 1 is 1.19 bits per heavy atom. The van der Waals surface area contributed by atoms with E-state index in [0.29, 0.717) is 12.6 Å². The van der Waals surface area contributed by atoms with E-state index in [2.05, 4.69) is 47.2 Å². The van der Waals surface area contributed by atoms with Gasteiger partial charge in [-0.25, -0.2) is 0 Å². The van der Waals surface area contributed by atoms with E-state index in [-0.39, 0.29) is 0 Å². The molecule has 1 atom stereocenters. The molecule has 0 aliphatic heterocycles. The Hall–Kier alpha value is -1.03. The highest BCUT2D eigenvalue weighted by Crippen LogP contribution is 2.29. The summed E-state index contributed by atoms with van der Waals surface area (Å²) < 4.78 is 6.82. The second-order valence-corrected chi connectivity index (χ2v) is 6.18. The van der Waals surface area contributed by atoms with Gasteiger partial charge in [-0.3, -0.25) is 0 Å². The van der Waals surface area contributed by atoms with Crippen LogP contribution in [-0.2, 0) is 6.61 Å². The molecule has 0 fully saturated rings. The molecule has 1 unspecified atom stereocenters. The SMILES string of the molecule is CCNC(C)c1ccc(OCc2ccc(Cl)cc2)c(Br)c1. The third-order valence-corrected chi connectivity index (χ3v) is 4.15. The van der Waals surface area contributed by atoms with Gasteiger partial charge in [0.2, 0.25) is 0 Å². The zero-order chi connectivity index (χ0) is 15.2. The topological polar surface area (TPSA) is 21.3 Å². The van der Waals surface area contributed by atoms with Crippen LogP contribution in [0.25, 0.3) is 0 Å². The van der Waals surface area contributed by atoms with E-state index in [1.807, 2.05) is 30.3 Å². The van der Waals surface area contributed by atoms with E-state index in [1.165, 1.54) is 5.56 Å². The lowest BCUT2D eigenvalue weighted by Gasteiger charge is -2.15. The predicted octanol–water partition coefficient (Wildman–Crippen LogP) is 5.35. The van der Waals surface area contributed by atoms with E-state index in [1.54, 1.807) is 0 Å². The molecule has 2 rings (SSSR count). The lowest BCUT2D eigenvalue weighted by molar-refractivity contribution is 0.304. The Labute approximate surface area is 139 Å². The minimum Gasteiger partial charge on any atom is -0.488 e. The van der Waals surface area contributed by atoms with Gasteiger partial charge in [-0.15, -0.1) is 0 Å². The number of halogens is 2. The average molecular weight is 369 g/mol. The highest BCUT2D eigenvalue weighted by Gasteiger charge is 2.08. The van der Waals surface area contributed by atoms with Crippen molar-refractivity contribution < 1.29 is 4.74 Å². The molecule has 0 saturated carbocycles. The first-order valence-electron chi connectivity index (χ1n) is 7.00. The largest absolute Gasteiger partial charge is 0.488 e. The molecule has 0 aliphatic carbocycles. The van der Waals surface area contributed by atoms with Gasteiger partial charge in [-0.2, -0.15) is 0 Å². The van der Waals surface area contributed by atoms with Gasteiger partial charge in [0.1, 0.15) is 12.4 Å². The molecule has 0 aromatic heterocycles. The maximum atomic E-state index is 5.87. The van der Waals surface area contributed by atoms with Crippen molar-refractivity contribution in [3.8, 4) is 5.75 Å². The lowest BCUT2D eigenvalue weighted by Crippen LogP contribution is -2.17. The molecule has 2 aromatic rings. The van der Waals surface area contributed by atoms with Crippen LogP contribution in [0.15, 0.2) is 46.9 Å². The highest BCUT2D eigenvalue weighted by molar-refractivity contribution is 9.10. The van der Waals surface area contributed by atoms with Gasteiger partial charge in [-0.1, -0.05) is 36.7 Å². The smallest absolute Gasteiger partial charge is 0.134 e. The van der Waals surface area contributed by atoms with E-state index >= 15 is 0 Å². The van der Waals surface area contributed by atoms with E-state index in [0.717, 1.165) is 27.4 Å². The van der Waals surface area contributed by atoms with Crippen LogP contribution in [0.5, 0.6) is 5.75 Å². The summed E-state index contributed by atoms with van der Waals surface area (Å²) in [5.74, 6) is 0.845. The molecule has 4 heteroatoms. The number of hydrogen-bond donors (Lipinski definition) is 1. The van der Waals surface area contributed by atoms with Gasteiger partial charge in [0.25, 0.3) is 0 Å². The fourth-order valence-corrected chi connectivity index (χ4v) is 2.71. The molecular weight excluding hydrogens is 350 g/mol. The summed E-state index contributed by atoms with van der Waals surface area (Å²) in [6, 6.07) is 14.2. The van der Waals surface area contributed by atoms with E-state index in [4.69, 9.17) is 16.3 Å². The number of nitrogens with one attached hydrogen (secondary N) is 1. The highest BCUT2D eigenvalue weighted by atomic mass is 79.9. The summed E-state index contributed by atoms with van der Waals surface area (Å²) in [6.45, 7) is 5.74. The molecule has 0 amide bonds. The summed E-state index contributed by atoms with van der Waals surface area (Å²) in [5.41, 5.74) is 2.33. The molecule has 2 aromatic carbocycles. The molecule has 0 spiro atoms. The second kappa shape index (κ2) is 7.83. The Kier molecular flexibility index (Phi) is 6.09. The standard InChI is InChI=1S/C17H19BrClNO/c1-3-20-12(2)14-6-9-17(16(18)10-14)21-11-13-4-7-15(19)8-5-13/h4-10,12,20H,3,11H2,1-2H3. The van der Waals surface area contributed by atoms with Crippen LogP contribution in [0.4, 0.5) is 0 Å². The molecule has 21 heavy (non-hydrogen) atoms. The van der Waals surface area contributed by atoms with Crippen LogP contribution in [-0.4, -0.2) is 6.54 Å². The summed E-state index contributed by atoms with van der Waals surface area (Å²) in [7, 11) is 0. The van der Waals surface area contributed by atoms with Gasteiger partial charge in [0.15, 0.2) is 0 Å². The van der Waals surface area contributed by atoms with Gasteiger partial charge in [-0.05, 0) is 64.8 Å². The molecule has 2 nitrogen and oxygen atoms in total. The number of rotatable bonds is 6. The Balaban J connectivity index is 2.02. The molecule has 1 N–H and O–H groups in total. The summed E-state index contributed by atoms with van der Waals surface area (Å²) in [6.07, 6.45) is 0. The van der Waals surface area contributed by atoms with Crippen LogP contribution in [0.3, 0.4) is 0 Å². The average Bonchev–Trinajstić information content (AvgIpc) is 2.48. The molecular formula is C17H19BrClNO. The second-order valence-electron chi connectivity index (χ2n) is 4.88. The van der Waals surface area contributed by atoms with Crippen LogP contribution < -0.4 is 10.1 Å². The Morgan fingerprint density at radius 2 is 1.90 bits per heavy atom. The minimum atomic E-state index is 0.330. The quantitative estimate of drug-likeness (QED) is 0.742. The predicted molar refractivity (Wildman–Crippen MR) is 92.0 cm³/mol. The van der Waals surface area contributed by atoms with E-state index in [9.17, 15) is 0 Å². The van der Waals surface area contributed by atoms with E-state index < -0.39 is 0 Å². The zero-order valence-electron chi connectivity index (χ0n) is 12.2. The van der Waals surface area contributed by atoms with Gasteiger partial charge in [0, 0.05) is 11.1 Å². The van der Waals surface area contributed by atoms with Crippen LogP contribution in [0.2, 0.25) is 5.02 Å². The molecule has 0 radical (unpaired) electrons. The van der Waals surface area contributed by atoms with Crippen LogP contribution >= 0.6 is 27.5 Å². The lowest BCUT2D eigenvalue weighted by atomic mass is 10.1. The summed E-state index contributed by atoms with van der Waals surface area (Å²) in [4.78, 5) is 0. The summed E-state index contributed by atoms with van der Waals surface area (Å²) in [5, 5.41) is 4.14. The molecule has 0 aliphatic rings. The van der Waals surface area contributed by atoms with Crippen molar-refractivity contribution in [2.45, 2.75) is 26.5 Å². The van der Waals surface area contributed by atoms with Gasteiger partial charge in [0.05, 0.1) is 4.47 Å². The monoisotopic (exact) mass is 367 g/mol. The molecule has 112 valence electrons. The third-order valence-electron chi connectivity index (χ3n) is 3.27. The maximum absolute atomic E-state index is 5.87. The van der Waals surface area contributed by atoms with Crippen molar-refractivity contribution in [3.05, 3.63) is 63.1 Å². The van der Waals surface area contributed by atoms with Crippen molar-refractivity contribution in [1.82, 2.24) is 5.32 Å². The van der Waals surface area contributed by atoms with Gasteiger partial charge >= 0.3 is 0 Å². The first-order chi connectivity index (χ1) is 10.1. The fourth-order valence-electron chi connectivity index (χ4n) is 2.07. The molecule has 0 heterocycles. The molecule has 0 bridgehead atoms. The first kappa shape index (κ1) is 16.3. The van der Waals surface area contributed by atoms with Crippen molar-refractivity contribution in [3.63, 3.8) is 0 Å². The Bertz CT molecular complexity index is 586. The molecule has 0 saturated heterocycles. The van der Waals surface area contributed by atoms with Crippen LogP contribution in [0.1, 0.15) is 31.0 Å². The number of ether oxygens (including phenoxy) is 1. The maximum Gasteiger partial charge on any atom is 0.134 e. The number of hydrogen-bond acceptors (Lipinski definition) is 2. The zero-order valence-corrected chi connectivity index (χ0v) is 14.5. The van der Waals surface area contributed by atoms with Crippen LogP contribution in [0, 0.1) is 0 Å². The normalized spacial score (nSPS) is 12.2. The van der Waals surface area contributed by atoms with Crippen molar-refractivity contribution in [2.75, 3.05) is 6.54 Å². The van der Waals surface area contributed by atoms with Crippen molar-refractivity contribution in [1.29, 1.82) is 0 Å². The van der Waals surface area contributed by atoms with Gasteiger partial charge < -0.3 is 10.1 Å². The Morgan fingerprint density at radius 3 is 2.52 bits per heavy atom. The van der Waals surface area contributed by atoms with Crippen molar-refractivity contribution in [2.24, 2.45) is 0 Å². The van der Waals surface area contributed by atoms with Crippen molar-refractivity contribution >= 4 is 27.5 Å².